The summed E-state index contributed by atoms with van der Waals surface area (Å²) in [4.78, 5) is 29.2. The van der Waals surface area contributed by atoms with E-state index in [-0.39, 0.29) is 17.1 Å². The van der Waals surface area contributed by atoms with Gasteiger partial charge in [0, 0.05) is 37.0 Å². The topological polar surface area (TPSA) is 61.8 Å². The second kappa shape index (κ2) is 7.28. The lowest BCUT2D eigenvalue weighted by atomic mass is 10.2. The number of imidazole rings is 1. The molecule has 0 saturated carbocycles. The Bertz CT molecular complexity index is 1080. The molecule has 0 saturated heterocycles. The molecule has 0 aliphatic heterocycles. The summed E-state index contributed by atoms with van der Waals surface area (Å²) in [5.74, 6) is -0.112. The van der Waals surface area contributed by atoms with Crippen molar-refractivity contribution in [2.75, 3.05) is 0 Å². The van der Waals surface area contributed by atoms with Crippen molar-refractivity contribution in [1.29, 1.82) is 0 Å². The summed E-state index contributed by atoms with van der Waals surface area (Å²) in [5, 5.41) is 0.901. The van der Waals surface area contributed by atoms with Crippen LogP contribution >= 0.6 is 23.4 Å². The summed E-state index contributed by atoms with van der Waals surface area (Å²) in [5.41, 5.74) is 0.264. The highest BCUT2D eigenvalue weighted by atomic mass is 35.5. The Labute approximate surface area is 158 Å². The normalized spacial score (nSPS) is 11.4. The summed E-state index contributed by atoms with van der Waals surface area (Å²) >= 11 is 7.38. The summed E-state index contributed by atoms with van der Waals surface area (Å²) < 4.78 is 18.2. The molecule has 0 fully saturated rings. The van der Waals surface area contributed by atoms with Crippen molar-refractivity contribution in [3.8, 4) is 0 Å². The van der Waals surface area contributed by atoms with Crippen LogP contribution in [0.3, 0.4) is 0 Å². The molecule has 138 valence electrons. The van der Waals surface area contributed by atoms with Gasteiger partial charge in [-0.1, -0.05) is 36.4 Å². The number of fused-ring (bicyclic) bond motifs is 1. The van der Waals surface area contributed by atoms with Gasteiger partial charge in [0.15, 0.2) is 16.3 Å². The molecule has 0 aliphatic carbocycles. The van der Waals surface area contributed by atoms with E-state index in [1.165, 1.54) is 29.4 Å². The number of rotatable bonds is 5. The van der Waals surface area contributed by atoms with E-state index in [0.717, 1.165) is 11.0 Å². The third kappa shape index (κ3) is 3.07. The quantitative estimate of drug-likeness (QED) is 0.622. The largest absolute Gasteiger partial charge is 0.332 e. The van der Waals surface area contributed by atoms with Gasteiger partial charge in [0.1, 0.15) is 5.82 Å². The molecular weight excluding hydrogens is 379 g/mol. The molecule has 3 aromatic rings. The van der Waals surface area contributed by atoms with Crippen LogP contribution in [0.1, 0.15) is 18.9 Å². The Morgan fingerprint density at radius 2 is 1.96 bits per heavy atom. The van der Waals surface area contributed by atoms with Gasteiger partial charge >= 0.3 is 5.69 Å². The molecule has 0 radical (unpaired) electrons. The summed E-state index contributed by atoms with van der Waals surface area (Å²) in [6, 6.07) is 4.54. The third-order valence-corrected chi connectivity index (χ3v) is 5.52. The van der Waals surface area contributed by atoms with Crippen molar-refractivity contribution in [2.45, 2.75) is 30.8 Å². The lowest BCUT2D eigenvalue weighted by molar-refractivity contribution is 0.616. The maximum Gasteiger partial charge on any atom is 0.332 e. The summed E-state index contributed by atoms with van der Waals surface area (Å²) in [6.45, 7) is 2.55. The highest BCUT2D eigenvalue weighted by molar-refractivity contribution is 7.98. The Hall–Kier alpha value is -2.06. The second-order valence-corrected chi connectivity index (χ2v) is 7.26. The van der Waals surface area contributed by atoms with E-state index >= 15 is 0 Å². The number of hydrogen-bond donors (Lipinski definition) is 0. The fourth-order valence-electron chi connectivity index (χ4n) is 2.77. The van der Waals surface area contributed by atoms with Crippen molar-refractivity contribution in [3.63, 3.8) is 0 Å². The van der Waals surface area contributed by atoms with Crippen LogP contribution in [0.25, 0.3) is 11.2 Å². The van der Waals surface area contributed by atoms with Gasteiger partial charge in [0.2, 0.25) is 0 Å². The zero-order valence-electron chi connectivity index (χ0n) is 14.6. The van der Waals surface area contributed by atoms with Crippen LogP contribution in [0.4, 0.5) is 4.39 Å². The molecule has 0 bridgehead atoms. The first-order valence-corrected chi connectivity index (χ1v) is 9.45. The molecular formula is C17H18ClFN4O2S. The van der Waals surface area contributed by atoms with Gasteiger partial charge in [-0.05, 0) is 18.6 Å². The molecule has 0 N–H and O–H groups in total. The van der Waals surface area contributed by atoms with Crippen LogP contribution in [0.5, 0.6) is 0 Å². The minimum Gasteiger partial charge on any atom is -0.313 e. The van der Waals surface area contributed by atoms with E-state index in [2.05, 4.69) is 4.98 Å². The van der Waals surface area contributed by atoms with Crippen LogP contribution in [0.15, 0.2) is 32.9 Å². The number of aromatic nitrogens is 4. The smallest absolute Gasteiger partial charge is 0.313 e. The van der Waals surface area contributed by atoms with Gasteiger partial charge in [0.05, 0.1) is 0 Å². The van der Waals surface area contributed by atoms with E-state index < -0.39 is 5.69 Å². The van der Waals surface area contributed by atoms with Gasteiger partial charge < -0.3 is 4.57 Å². The van der Waals surface area contributed by atoms with Crippen molar-refractivity contribution in [1.82, 2.24) is 18.7 Å². The molecule has 2 aromatic heterocycles. The Morgan fingerprint density at radius 1 is 1.23 bits per heavy atom. The number of aryl methyl sites for hydroxylation is 2. The fourth-order valence-corrected chi connectivity index (χ4v) is 4.14. The van der Waals surface area contributed by atoms with Gasteiger partial charge in [-0.2, -0.15) is 0 Å². The summed E-state index contributed by atoms with van der Waals surface area (Å²) in [6.07, 6.45) is 0.783. The molecule has 1 aromatic carbocycles. The summed E-state index contributed by atoms with van der Waals surface area (Å²) in [7, 11) is 3.02. The molecule has 0 unspecified atom stereocenters. The van der Waals surface area contributed by atoms with E-state index in [1.54, 1.807) is 23.7 Å². The standard InChI is InChI=1S/C17H18ClFN4O2S/c1-4-8-23-13-14(21(2)17(25)22(3)15(13)24)20-16(23)26-9-10-11(18)6-5-7-12(10)19/h5-7H,4,8-9H2,1-3H3. The lowest BCUT2D eigenvalue weighted by Crippen LogP contribution is -2.37. The Balaban J connectivity index is 2.13. The lowest BCUT2D eigenvalue weighted by Gasteiger charge is -2.09. The van der Waals surface area contributed by atoms with Gasteiger partial charge in [-0.25, -0.2) is 14.2 Å². The molecule has 3 rings (SSSR count). The van der Waals surface area contributed by atoms with Crippen LogP contribution in [-0.4, -0.2) is 18.7 Å². The Kier molecular flexibility index (Phi) is 5.24. The van der Waals surface area contributed by atoms with Gasteiger partial charge in [-0.3, -0.25) is 13.9 Å². The predicted molar refractivity (Wildman–Crippen MR) is 101 cm³/mol. The molecule has 26 heavy (non-hydrogen) atoms. The zero-order valence-corrected chi connectivity index (χ0v) is 16.2. The highest BCUT2D eigenvalue weighted by Gasteiger charge is 2.19. The Morgan fingerprint density at radius 3 is 2.62 bits per heavy atom. The first kappa shape index (κ1) is 18.7. The molecule has 2 heterocycles. The van der Waals surface area contributed by atoms with Crippen molar-refractivity contribution < 1.29 is 4.39 Å². The van der Waals surface area contributed by atoms with Crippen LogP contribution in [0.2, 0.25) is 5.02 Å². The molecule has 0 atom stereocenters. The molecule has 0 spiro atoms. The van der Waals surface area contributed by atoms with Crippen LogP contribution < -0.4 is 11.2 Å². The molecule has 9 heteroatoms. The van der Waals surface area contributed by atoms with E-state index in [1.807, 2.05) is 6.92 Å². The average molecular weight is 397 g/mol. The van der Waals surface area contributed by atoms with Crippen LogP contribution in [-0.2, 0) is 26.4 Å². The second-order valence-electron chi connectivity index (χ2n) is 5.91. The average Bonchev–Trinajstić information content (AvgIpc) is 2.97. The van der Waals surface area contributed by atoms with E-state index in [9.17, 15) is 14.0 Å². The SMILES string of the molecule is CCCn1c(SCc2c(F)cccc2Cl)nc2c1c(=O)n(C)c(=O)n2C. The molecule has 0 amide bonds. The van der Waals surface area contributed by atoms with Crippen molar-refractivity contribution >= 4 is 34.5 Å². The van der Waals surface area contributed by atoms with Gasteiger partial charge in [-0.15, -0.1) is 0 Å². The predicted octanol–water partition coefficient (Wildman–Crippen LogP) is 2.93. The minimum atomic E-state index is -0.433. The maximum atomic E-state index is 14.0. The first-order valence-electron chi connectivity index (χ1n) is 8.08. The van der Waals surface area contributed by atoms with Crippen molar-refractivity contribution in [3.05, 3.63) is 55.4 Å². The monoisotopic (exact) mass is 396 g/mol. The van der Waals surface area contributed by atoms with Crippen LogP contribution in [0, 0.1) is 5.82 Å². The number of halogens is 2. The minimum absolute atomic E-state index is 0.271. The fraction of sp³-hybridized carbons (Fsp3) is 0.353. The molecule has 0 aliphatic rings. The maximum absolute atomic E-state index is 14.0. The number of benzene rings is 1. The first-order chi connectivity index (χ1) is 12.4. The molecule has 6 nitrogen and oxygen atoms in total. The number of nitrogens with zero attached hydrogens (tertiary/aromatic N) is 4. The highest BCUT2D eigenvalue weighted by Crippen LogP contribution is 2.29. The van der Waals surface area contributed by atoms with Gasteiger partial charge in [0.25, 0.3) is 5.56 Å². The number of hydrogen-bond acceptors (Lipinski definition) is 4. The third-order valence-electron chi connectivity index (χ3n) is 4.17. The number of thioether (sulfide) groups is 1. The van der Waals surface area contributed by atoms with E-state index in [4.69, 9.17) is 11.6 Å². The van der Waals surface area contributed by atoms with E-state index in [0.29, 0.717) is 33.5 Å². The zero-order chi connectivity index (χ0) is 19.0. The van der Waals surface area contributed by atoms with Crippen molar-refractivity contribution in [2.24, 2.45) is 14.1 Å².